The van der Waals surface area contributed by atoms with Gasteiger partial charge in [-0.3, -0.25) is 15.6 Å². The van der Waals surface area contributed by atoms with Crippen molar-refractivity contribution in [3.8, 4) is 0 Å². The Morgan fingerprint density at radius 2 is 1.67 bits per heavy atom. The fourth-order valence-electron chi connectivity index (χ4n) is 1.64. The maximum atomic E-state index is 13.4. The molecular formula is C17H15FN2O. The first-order chi connectivity index (χ1) is 10.2. The van der Waals surface area contributed by atoms with Crippen LogP contribution in [-0.2, 0) is 0 Å². The van der Waals surface area contributed by atoms with Crippen LogP contribution in [0.2, 0.25) is 0 Å². The van der Waals surface area contributed by atoms with Crippen LogP contribution >= 0.6 is 0 Å². The van der Waals surface area contributed by atoms with Crippen LogP contribution in [0.3, 0.4) is 0 Å². The average molecular weight is 282 g/mol. The zero-order valence-electron chi connectivity index (χ0n) is 11.3. The second-order valence-corrected chi connectivity index (χ2v) is 4.33. The van der Waals surface area contributed by atoms with Crippen LogP contribution in [0, 0.1) is 5.82 Å². The smallest absolute Gasteiger partial charge is 0.269 e. The molecule has 0 aliphatic heterocycles. The first-order valence-electron chi connectivity index (χ1n) is 6.40. The molecule has 0 aliphatic carbocycles. The summed E-state index contributed by atoms with van der Waals surface area (Å²) in [5.74, 6) is -0.578. The van der Waals surface area contributed by atoms with E-state index >= 15 is 0 Å². The molecule has 0 atom stereocenters. The number of allylic oxidation sites excluding steroid dienone is 1. The summed E-state index contributed by atoms with van der Waals surface area (Å²) in [5.41, 5.74) is 6.62. The lowest BCUT2D eigenvalue weighted by Gasteiger charge is -2.08. The van der Waals surface area contributed by atoms with Crippen molar-refractivity contribution in [3.05, 3.63) is 89.9 Å². The highest BCUT2D eigenvalue weighted by Gasteiger charge is 2.02. The summed E-state index contributed by atoms with van der Waals surface area (Å²) in [7, 11) is 0. The third-order valence-corrected chi connectivity index (χ3v) is 2.74. The monoisotopic (exact) mass is 282 g/mol. The van der Waals surface area contributed by atoms with Gasteiger partial charge in [0.25, 0.3) is 5.91 Å². The molecule has 106 valence electrons. The molecule has 0 spiro atoms. The van der Waals surface area contributed by atoms with Gasteiger partial charge in [-0.05, 0) is 30.4 Å². The Morgan fingerprint density at radius 3 is 2.38 bits per heavy atom. The molecule has 0 saturated carbocycles. The van der Waals surface area contributed by atoms with Crippen LogP contribution in [0.25, 0.3) is 6.08 Å². The second kappa shape index (κ2) is 7.05. The summed E-state index contributed by atoms with van der Waals surface area (Å²) in [5, 5.41) is 0. The zero-order chi connectivity index (χ0) is 15.1. The maximum Gasteiger partial charge on any atom is 0.269 e. The Labute approximate surface area is 122 Å². The fraction of sp³-hybridized carbons (Fsp3) is 0. The van der Waals surface area contributed by atoms with Gasteiger partial charge in [-0.1, -0.05) is 43.0 Å². The van der Waals surface area contributed by atoms with Crippen molar-refractivity contribution in [3.63, 3.8) is 0 Å². The summed E-state index contributed by atoms with van der Waals surface area (Å²) in [6.45, 7) is 3.73. The molecule has 3 nitrogen and oxygen atoms in total. The Hall–Kier alpha value is -2.88. The molecule has 2 N–H and O–H groups in total. The van der Waals surface area contributed by atoms with Crippen LogP contribution in [0.1, 0.15) is 15.9 Å². The zero-order valence-corrected chi connectivity index (χ0v) is 11.3. The molecule has 21 heavy (non-hydrogen) atoms. The van der Waals surface area contributed by atoms with E-state index in [1.807, 2.05) is 6.07 Å². The molecule has 0 heterocycles. The Balaban J connectivity index is 1.88. The van der Waals surface area contributed by atoms with E-state index < -0.39 is 0 Å². The summed E-state index contributed by atoms with van der Waals surface area (Å²) in [4.78, 5) is 11.8. The molecule has 0 radical (unpaired) electrons. The minimum Gasteiger partial charge on any atom is -0.299 e. The molecule has 2 aromatic carbocycles. The van der Waals surface area contributed by atoms with Crippen molar-refractivity contribution in [1.29, 1.82) is 0 Å². The Kier molecular flexibility index (Phi) is 4.88. The molecule has 0 unspecified atom stereocenters. The Bertz CT molecular complexity index is 666. The SMILES string of the molecule is C=C(C=Cc1ccccc1F)NNC(=O)c1ccccc1. The molecule has 2 aromatic rings. The number of hydrogen-bond donors (Lipinski definition) is 2. The number of halogens is 1. The van der Waals surface area contributed by atoms with Crippen LogP contribution in [-0.4, -0.2) is 5.91 Å². The first kappa shape index (κ1) is 14.5. The average Bonchev–Trinajstić information content (AvgIpc) is 2.52. The Morgan fingerprint density at radius 1 is 1.00 bits per heavy atom. The highest BCUT2D eigenvalue weighted by Crippen LogP contribution is 2.08. The van der Waals surface area contributed by atoms with E-state index in [1.54, 1.807) is 54.6 Å². The van der Waals surface area contributed by atoms with E-state index in [-0.39, 0.29) is 11.7 Å². The molecule has 1 amide bonds. The van der Waals surface area contributed by atoms with E-state index in [0.717, 1.165) is 0 Å². The van der Waals surface area contributed by atoms with E-state index in [9.17, 15) is 9.18 Å². The minimum absolute atomic E-state index is 0.268. The standard InChI is InChI=1S/C17H15FN2O/c1-13(11-12-14-7-5-6-10-16(14)18)19-20-17(21)15-8-3-2-4-9-15/h2-12,19H,1H2,(H,20,21). The van der Waals surface area contributed by atoms with Crippen LogP contribution in [0.5, 0.6) is 0 Å². The summed E-state index contributed by atoms with van der Waals surface area (Å²) < 4.78 is 13.4. The lowest BCUT2D eigenvalue weighted by molar-refractivity contribution is 0.0939. The van der Waals surface area contributed by atoms with Crippen molar-refractivity contribution in [1.82, 2.24) is 10.9 Å². The van der Waals surface area contributed by atoms with Crippen LogP contribution in [0.15, 0.2) is 72.9 Å². The van der Waals surface area contributed by atoms with Gasteiger partial charge in [0.05, 0.1) is 0 Å². The lowest BCUT2D eigenvalue weighted by Crippen LogP contribution is -2.35. The molecule has 0 saturated heterocycles. The van der Waals surface area contributed by atoms with Gasteiger partial charge in [0, 0.05) is 16.8 Å². The number of amides is 1. The normalized spacial score (nSPS) is 10.3. The van der Waals surface area contributed by atoms with Crippen molar-refractivity contribution in [2.75, 3.05) is 0 Å². The number of hydrazine groups is 1. The van der Waals surface area contributed by atoms with Crippen LogP contribution < -0.4 is 10.9 Å². The quantitative estimate of drug-likeness (QED) is 0.652. The number of carbonyl (C=O) groups excluding carboxylic acids is 1. The highest BCUT2D eigenvalue weighted by atomic mass is 19.1. The fourth-order valence-corrected chi connectivity index (χ4v) is 1.64. The van der Waals surface area contributed by atoms with Gasteiger partial charge in [0.15, 0.2) is 0 Å². The van der Waals surface area contributed by atoms with Crippen LogP contribution in [0.4, 0.5) is 4.39 Å². The van der Waals surface area contributed by atoms with E-state index in [4.69, 9.17) is 0 Å². The molecule has 2 rings (SSSR count). The molecule has 0 aromatic heterocycles. The number of carbonyl (C=O) groups is 1. The van der Waals surface area contributed by atoms with Crippen molar-refractivity contribution in [2.45, 2.75) is 0 Å². The second-order valence-electron chi connectivity index (χ2n) is 4.33. The maximum absolute atomic E-state index is 13.4. The van der Waals surface area contributed by atoms with E-state index in [0.29, 0.717) is 16.8 Å². The highest BCUT2D eigenvalue weighted by molar-refractivity contribution is 5.93. The topological polar surface area (TPSA) is 41.1 Å². The van der Waals surface area contributed by atoms with Gasteiger partial charge in [0.2, 0.25) is 0 Å². The van der Waals surface area contributed by atoms with Gasteiger partial charge in [-0.25, -0.2) is 4.39 Å². The molecule has 0 aliphatic rings. The number of nitrogens with one attached hydrogen (secondary N) is 2. The number of benzene rings is 2. The molecule has 4 heteroatoms. The minimum atomic E-state index is -0.310. The third-order valence-electron chi connectivity index (χ3n) is 2.74. The summed E-state index contributed by atoms with van der Waals surface area (Å²) >= 11 is 0. The van der Waals surface area contributed by atoms with Crippen molar-refractivity contribution >= 4 is 12.0 Å². The summed E-state index contributed by atoms with van der Waals surface area (Å²) in [6.07, 6.45) is 3.17. The van der Waals surface area contributed by atoms with Gasteiger partial charge in [-0.15, -0.1) is 0 Å². The number of rotatable bonds is 5. The number of hydrogen-bond acceptors (Lipinski definition) is 2. The molecular weight excluding hydrogens is 267 g/mol. The van der Waals surface area contributed by atoms with Gasteiger partial charge >= 0.3 is 0 Å². The predicted octanol–water partition coefficient (Wildman–Crippen LogP) is 3.29. The van der Waals surface area contributed by atoms with E-state index in [2.05, 4.69) is 17.4 Å². The van der Waals surface area contributed by atoms with Gasteiger partial charge < -0.3 is 0 Å². The third kappa shape index (κ3) is 4.31. The van der Waals surface area contributed by atoms with Gasteiger partial charge in [0.1, 0.15) is 5.82 Å². The molecule has 0 bridgehead atoms. The van der Waals surface area contributed by atoms with Gasteiger partial charge in [-0.2, -0.15) is 0 Å². The largest absolute Gasteiger partial charge is 0.299 e. The first-order valence-corrected chi connectivity index (χ1v) is 6.40. The molecule has 0 fully saturated rings. The van der Waals surface area contributed by atoms with Crippen molar-refractivity contribution in [2.24, 2.45) is 0 Å². The van der Waals surface area contributed by atoms with Crippen molar-refractivity contribution < 1.29 is 9.18 Å². The van der Waals surface area contributed by atoms with E-state index in [1.165, 1.54) is 6.07 Å². The lowest BCUT2D eigenvalue weighted by atomic mass is 10.2. The predicted molar refractivity (Wildman–Crippen MR) is 81.6 cm³/mol. The summed E-state index contributed by atoms with van der Waals surface area (Å²) in [6, 6.07) is 15.2.